The first-order valence-corrected chi connectivity index (χ1v) is 13.4. The van der Waals surface area contributed by atoms with Gasteiger partial charge in [0.2, 0.25) is 0 Å². The van der Waals surface area contributed by atoms with Gasteiger partial charge in [0.1, 0.15) is 0 Å². The molecule has 35 heavy (non-hydrogen) atoms. The second-order valence-electron chi connectivity index (χ2n) is 8.95. The Morgan fingerprint density at radius 2 is 2.09 bits per heavy atom. The van der Waals surface area contributed by atoms with Gasteiger partial charge in [-0.15, -0.1) is 32.9 Å². The second kappa shape index (κ2) is 9.11. The highest BCUT2D eigenvalue weighted by molar-refractivity contribution is 7.15. The summed E-state index contributed by atoms with van der Waals surface area (Å²) in [6.45, 7) is 1.79. The number of thiophene rings is 1. The van der Waals surface area contributed by atoms with Gasteiger partial charge in [-0.2, -0.15) is 0 Å². The summed E-state index contributed by atoms with van der Waals surface area (Å²) in [6.07, 6.45) is 3.41. The van der Waals surface area contributed by atoms with Gasteiger partial charge in [0.25, 0.3) is 12.3 Å². The van der Waals surface area contributed by atoms with E-state index in [0.717, 1.165) is 40.7 Å². The molecule has 2 fully saturated rings. The molecule has 1 aliphatic carbocycles. The zero-order valence-corrected chi connectivity index (χ0v) is 20.8. The Bertz CT molecular complexity index is 1330. The van der Waals surface area contributed by atoms with Crippen molar-refractivity contribution in [2.24, 2.45) is 11.8 Å². The quantitative estimate of drug-likeness (QED) is 0.331. The fourth-order valence-electron chi connectivity index (χ4n) is 5.39. The molecule has 3 atom stereocenters. The molecule has 5 heterocycles. The summed E-state index contributed by atoms with van der Waals surface area (Å²) in [4.78, 5) is 23.1. The van der Waals surface area contributed by atoms with E-state index in [1.54, 1.807) is 17.4 Å². The van der Waals surface area contributed by atoms with Gasteiger partial charge >= 0.3 is 0 Å². The monoisotopic (exact) mass is 534 g/mol. The van der Waals surface area contributed by atoms with Crippen LogP contribution in [0.4, 0.5) is 14.6 Å². The molecule has 6 rings (SSSR count). The molecule has 1 amide bonds. The molecule has 1 unspecified atom stereocenters. The summed E-state index contributed by atoms with van der Waals surface area (Å²) >= 11 is 8.47. The van der Waals surface area contributed by atoms with E-state index in [9.17, 15) is 13.6 Å². The van der Waals surface area contributed by atoms with E-state index in [4.69, 9.17) is 16.6 Å². The summed E-state index contributed by atoms with van der Waals surface area (Å²) in [5.74, 6) is 1.16. The van der Waals surface area contributed by atoms with Crippen LogP contribution in [0.15, 0.2) is 42.0 Å². The Labute approximate surface area is 213 Å². The van der Waals surface area contributed by atoms with Crippen LogP contribution >= 0.6 is 34.3 Å². The lowest BCUT2D eigenvalue weighted by molar-refractivity contribution is 0.0784. The van der Waals surface area contributed by atoms with Crippen molar-refractivity contribution in [3.05, 3.63) is 62.6 Å². The highest BCUT2D eigenvalue weighted by Crippen LogP contribution is 2.43. The zero-order valence-electron chi connectivity index (χ0n) is 18.4. The van der Waals surface area contributed by atoms with E-state index >= 15 is 0 Å². The third-order valence-electron chi connectivity index (χ3n) is 6.95. The lowest BCUT2D eigenvalue weighted by Gasteiger charge is -2.33. The van der Waals surface area contributed by atoms with E-state index in [-0.39, 0.29) is 22.7 Å². The van der Waals surface area contributed by atoms with E-state index in [0.29, 0.717) is 35.6 Å². The number of likely N-dealkylation sites (tertiary alicyclic amines) is 1. The van der Waals surface area contributed by atoms with Crippen LogP contribution in [-0.2, 0) is 6.54 Å². The molecule has 4 aromatic heterocycles. The molecule has 0 spiro atoms. The highest BCUT2D eigenvalue weighted by Gasteiger charge is 2.47. The smallest absolute Gasteiger partial charge is 0.272 e. The largest absolute Gasteiger partial charge is 0.346 e. The summed E-state index contributed by atoms with van der Waals surface area (Å²) in [7, 11) is 0. The number of carbonyl (C=O) groups is 1. The van der Waals surface area contributed by atoms with Gasteiger partial charge in [-0.3, -0.25) is 9.20 Å². The number of anilines is 1. The molecular weight excluding hydrogens is 514 g/mol. The summed E-state index contributed by atoms with van der Waals surface area (Å²) < 4.78 is 28.0. The number of amides is 1. The molecule has 7 nitrogen and oxygen atoms in total. The number of hydrogen-bond donors (Lipinski definition) is 0. The van der Waals surface area contributed by atoms with Crippen molar-refractivity contribution < 1.29 is 13.6 Å². The molecule has 4 aromatic rings. The zero-order chi connectivity index (χ0) is 24.1. The van der Waals surface area contributed by atoms with Gasteiger partial charge < -0.3 is 9.80 Å². The number of alkyl halides is 2. The first-order valence-electron chi connectivity index (χ1n) is 11.3. The fourth-order valence-corrected chi connectivity index (χ4v) is 7.04. The predicted octanol–water partition coefficient (Wildman–Crippen LogP) is 5.40. The van der Waals surface area contributed by atoms with Crippen LogP contribution in [0.25, 0.3) is 4.96 Å². The maximum atomic E-state index is 13.1. The van der Waals surface area contributed by atoms with Gasteiger partial charge in [0, 0.05) is 42.8 Å². The molecule has 0 N–H and O–H groups in total. The summed E-state index contributed by atoms with van der Waals surface area (Å²) in [5, 5.41) is 10.7. The van der Waals surface area contributed by atoms with Gasteiger partial charge in [0.15, 0.2) is 15.9 Å². The average Bonchev–Trinajstić information content (AvgIpc) is 3.64. The van der Waals surface area contributed by atoms with Crippen molar-refractivity contribution in [1.29, 1.82) is 0 Å². The normalized spacial score (nSPS) is 21.8. The fraction of sp³-hybridized carbons (Fsp3) is 0.391. The van der Waals surface area contributed by atoms with E-state index < -0.39 is 6.43 Å². The summed E-state index contributed by atoms with van der Waals surface area (Å²) in [5.41, 5.74) is 0.932. The molecule has 1 saturated carbocycles. The maximum Gasteiger partial charge on any atom is 0.272 e. The molecule has 0 bridgehead atoms. The number of halogens is 3. The first kappa shape index (κ1) is 22.8. The van der Waals surface area contributed by atoms with Gasteiger partial charge in [-0.25, -0.2) is 13.8 Å². The third-order valence-corrected chi connectivity index (χ3v) is 9.00. The van der Waals surface area contributed by atoms with Crippen molar-refractivity contribution in [3.8, 4) is 0 Å². The minimum absolute atomic E-state index is 0.0712. The Morgan fingerprint density at radius 3 is 2.83 bits per heavy atom. The molecular formula is C23H21ClF2N6OS2. The molecule has 1 saturated heterocycles. The van der Waals surface area contributed by atoms with Crippen LogP contribution < -0.4 is 4.90 Å². The van der Waals surface area contributed by atoms with Gasteiger partial charge in [0.05, 0.1) is 22.0 Å². The molecule has 1 aliphatic heterocycles. The number of thiazole rings is 1. The van der Waals surface area contributed by atoms with E-state index in [1.807, 2.05) is 33.1 Å². The molecule has 182 valence electrons. The van der Waals surface area contributed by atoms with E-state index in [2.05, 4.69) is 15.1 Å². The third kappa shape index (κ3) is 4.30. The molecule has 0 radical (unpaired) electrons. The highest BCUT2D eigenvalue weighted by atomic mass is 35.5. The Balaban J connectivity index is 1.25. The maximum absolute atomic E-state index is 13.1. The Hall–Kier alpha value is -2.63. The van der Waals surface area contributed by atoms with Crippen molar-refractivity contribution in [2.45, 2.75) is 31.9 Å². The number of rotatable bonds is 6. The standard InChI is InChI=1S/C23H21ClF2N6OS2/c24-19-5-6-20(29-28-19)32(11-14-10-30-7-8-34-23(30)27-14)16-2-1-13-9-31(12-15(13)16)22(33)18-4-3-17(35-18)21(25)26/h3-8,10,13,15-16,21H,1-2,9,11-12H2/t13-,15+,16?/m1/s1. The topological polar surface area (TPSA) is 66.6 Å². The number of aromatic nitrogens is 4. The Morgan fingerprint density at radius 1 is 1.20 bits per heavy atom. The van der Waals surface area contributed by atoms with Crippen molar-refractivity contribution >= 4 is 51.0 Å². The minimum atomic E-state index is -2.56. The number of imidazole rings is 1. The average molecular weight is 535 g/mol. The van der Waals surface area contributed by atoms with E-state index in [1.165, 1.54) is 12.1 Å². The molecule has 12 heteroatoms. The lowest BCUT2D eigenvalue weighted by atomic mass is 9.96. The Kier molecular flexibility index (Phi) is 5.93. The molecule has 0 aromatic carbocycles. The van der Waals surface area contributed by atoms with Crippen LogP contribution in [0.2, 0.25) is 5.15 Å². The van der Waals surface area contributed by atoms with Gasteiger partial charge in [-0.1, -0.05) is 11.6 Å². The first-order chi connectivity index (χ1) is 17.0. The van der Waals surface area contributed by atoms with Crippen molar-refractivity contribution in [2.75, 3.05) is 18.0 Å². The van der Waals surface area contributed by atoms with Crippen LogP contribution in [0.1, 0.15) is 39.5 Å². The van der Waals surface area contributed by atoms with Gasteiger partial charge in [-0.05, 0) is 43.0 Å². The number of carbonyl (C=O) groups excluding carboxylic acids is 1. The number of fused-ring (bicyclic) bond motifs is 2. The number of hydrogen-bond acceptors (Lipinski definition) is 7. The second-order valence-corrected chi connectivity index (χ2v) is 11.3. The molecule has 2 aliphatic rings. The SMILES string of the molecule is O=C(c1ccc(C(F)F)s1)N1C[C@H]2CCC(N(Cc3cn4ccsc4n3)c3ccc(Cl)nn3)[C@H]2C1. The summed E-state index contributed by atoms with van der Waals surface area (Å²) in [6, 6.07) is 6.61. The number of nitrogens with zero attached hydrogens (tertiary/aromatic N) is 6. The predicted molar refractivity (Wildman–Crippen MR) is 131 cm³/mol. The van der Waals surface area contributed by atoms with Crippen molar-refractivity contribution in [3.63, 3.8) is 0 Å². The van der Waals surface area contributed by atoms with Crippen LogP contribution in [-0.4, -0.2) is 49.5 Å². The minimum Gasteiger partial charge on any atom is -0.346 e. The van der Waals surface area contributed by atoms with Crippen LogP contribution in [0, 0.1) is 11.8 Å². The van der Waals surface area contributed by atoms with Crippen LogP contribution in [0.3, 0.4) is 0 Å². The van der Waals surface area contributed by atoms with Crippen LogP contribution in [0.5, 0.6) is 0 Å². The lowest BCUT2D eigenvalue weighted by Crippen LogP contribution is -2.41. The van der Waals surface area contributed by atoms with Crippen molar-refractivity contribution in [1.82, 2.24) is 24.5 Å².